The number of halogens is 3. The van der Waals surface area contributed by atoms with Crippen LogP contribution in [-0.2, 0) is 62.0 Å². The summed E-state index contributed by atoms with van der Waals surface area (Å²) in [5.41, 5.74) is 6.53. The zero-order valence-electron chi connectivity index (χ0n) is 41.8. The van der Waals surface area contributed by atoms with Gasteiger partial charge in [-0.2, -0.15) is 18.3 Å². The summed E-state index contributed by atoms with van der Waals surface area (Å²) in [4.78, 5) is 75.3. The lowest BCUT2D eigenvalue weighted by atomic mass is 9.83. The van der Waals surface area contributed by atoms with E-state index in [1.807, 2.05) is 6.92 Å². The molecule has 4 heterocycles. The molecule has 5 amide bonds. The Morgan fingerprint density at radius 1 is 0.865 bits per heavy atom. The number of aryl methyl sites for hydroxylation is 1. The molecule has 6 atom stereocenters. The molecule has 0 radical (unpaired) electrons. The predicted octanol–water partition coefficient (Wildman–Crippen LogP) is 1.89. The molecule has 3 aromatic rings. The van der Waals surface area contributed by atoms with Gasteiger partial charge < -0.3 is 65.4 Å². The SMILES string of the molecule is CCn1nc([C@@H](C(=O)Nc2ccc(C[C@@H](NC(C)=O)C(=O)N3CCN(C(=O)COCCOCCOCCOC[C@H]4OC[C@H](Nc5cncc(C(F)(F)F)n5)[C@@H](O)[C@H]4O)CC3)cc2)C2CCCCCC2)cc1C(N)=O. The predicted molar refractivity (Wildman–Crippen MR) is 259 cm³/mol. The van der Waals surface area contributed by atoms with Crippen molar-refractivity contribution in [1.82, 2.24) is 34.9 Å². The van der Waals surface area contributed by atoms with Crippen LogP contribution in [0.2, 0.25) is 0 Å². The molecular formula is C49H69F3N10O12. The molecular weight excluding hydrogens is 978 g/mol. The van der Waals surface area contributed by atoms with Gasteiger partial charge in [-0.3, -0.25) is 33.6 Å². The average Bonchev–Trinajstić information content (AvgIpc) is 3.63. The second kappa shape index (κ2) is 28.2. The Morgan fingerprint density at radius 3 is 2.11 bits per heavy atom. The van der Waals surface area contributed by atoms with Gasteiger partial charge in [-0.25, -0.2) is 4.98 Å². The number of aliphatic hydroxyl groups excluding tert-OH is 2. The van der Waals surface area contributed by atoms with E-state index < -0.39 is 54.1 Å². The first-order valence-corrected chi connectivity index (χ1v) is 25.1. The maximum absolute atomic E-state index is 14.0. The van der Waals surface area contributed by atoms with Gasteiger partial charge in [0.05, 0.1) is 82.9 Å². The number of amides is 5. The monoisotopic (exact) mass is 1050 g/mol. The molecule has 3 fully saturated rings. The largest absolute Gasteiger partial charge is 0.434 e. The van der Waals surface area contributed by atoms with E-state index in [0.717, 1.165) is 50.3 Å². The van der Waals surface area contributed by atoms with Gasteiger partial charge in [-0.05, 0) is 49.4 Å². The van der Waals surface area contributed by atoms with E-state index in [9.17, 15) is 47.4 Å². The van der Waals surface area contributed by atoms with Crippen molar-refractivity contribution < 1.29 is 71.0 Å². The number of carbonyl (C=O) groups is 5. The van der Waals surface area contributed by atoms with Crippen molar-refractivity contribution in [2.45, 2.75) is 108 Å². The van der Waals surface area contributed by atoms with E-state index >= 15 is 0 Å². The van der Waals surface area contributed by atoms with E-state index in [0.29, 0.717) is 24.1 Å². The molecule has 0 spiro atoms. The van der Waals surface area contributed by atoms with Gasteiger partial charge in [0.2, 0.25) is 23.6 Å². The van der Waals surface area contributed by atoms with Gasteiger partial charge >= 0.3 is 6.18 Å². The van der Waals surface area contributed by atoms with Crippen molar-refractivity contribution >= 4 is 41.0 Å². The number of nitrogens with one attached hydrogen (secondary N) is 3. The fourth-order valence-electron chi connectivity index (χ4n) is 9.21. The zero-order valence-corrected chi connectivity index (χ0v) is 41.8. The summed E-state index contributed by atoms with van der Waals surface area (Å²) in [6.45, 7) is 5.55. The van der Waals surface area contributed by atoms with Crippen molar-refractivity contribution in [3.8, 4) is 0 Å². The molecule has 6 rings (SSSR count). The highest BCUT2D eigenvalue weighted by Crippen LogP contribution is 2.36. The first kappa shape index (κ1) is 57.4. The van der Waals surface area contributed by atoms with E-state index in [2.05, 4.69) is 31.0 Å². The van der Waals surface area contributed by atoms with Crippen LogP contribution in [-0.4, -0.2) is 185 Å². The highest BCUT2D eigenvalue weighted by molar-refractivity contribution is 5.97. The van der Waals surface area contributed by atoms with E-state index in [-0.39, 0.29) is 133 Å². The summed E-state index contributed by atoms with van der Waals surface area (Å²) in [6.07, 6.45) is -0.559. The van der Waals surface area contributed by atoms with Crippen molar-refractivity contribution in [2.24, 2.45) is 11.7 Å². The van der Waals surface area contributed by atoms with Gasteiger partial charge in [-0.15, -0.1) is 0 Å². The lowest BCUT2D eigenvalue weighted by Gasteiger charge is -2.38. The van der Waals surface area contributed by atoms with Crippen LogP contribution in [0.25, 0.3) is 0 Å². The number of piperazine rings is 1. The number of nitrogens with two attached hydrogens (primary N) is 1. The molecule has 2 aromatic heterocycles. The van der Waals surface area contributed by atoms with Gasteiger partial charge in [0.1, 0.15) is 42.5 Å². The second-order valence-electron chi connectivity index (χ2n) is 18.5. The summed E-state index contributed by atoms with van der Waals surface area (Å²) >= 11 is 0. The van der Waals surface area contributed by atoms with Crippen LogP contribution in [0.5, 0.6) is 0 Å². The van der Waals surface area contributed by atoms with Crippen molar-refractivity contribution in [3.05, 3.63) is 65.4 Å². The molecule has 3 aliphatic rings. The lowest BCUT2D eigenvalue weighted by Crippen LogP contribution is -2.57. The maximum atomic E-state index is 14.0. The van der Waals surface area contributed by atoms with Crippen LogP contribution in [0.1, 0.15) is 85.7 Å². The number of ether oxygens (including phenoxy) is 5. The number of benzene rings is 1. The number of alkyl halides is 3. The van der Waals surface area contributed by atoms with Crippen LogP contribution in [0.15, 0.2) is 42.7 Å². The Bertz CT molecular complexity index is 2290. The fourth-order valence-corrected chi connectivity index (χ4v) is 9.21. The number of primary amides is 1. The fraction of sp³-hybridized carbons (Fsp3) is 0.633. The molecule has 1 aliphatic carbocycles. The Hall–Kier alpha value is -5.83. The number of aromatic nitrogens is 4. The van der Waals surface area contributed by atoms with Crippen LogP contribution in [0, 0.1) is 5.92 Å². The smallest absolute Gasteiger partial charge is 0.388 e. The highest BCUT2D eigenvalue weighted by atomic mass is 19.4. The summed E-state index contributed by atoms with van der Waals surface area (Å²) in [6, 6.07) is 6.94. The minimum atomic E-state index is -4.70. The molecule has 0 unspecified atom stereocenters. The second-order valence-corrected chi connectivity index (χ2v) is 18.5. The van der Waals surface area contributed by atoms with Crippen molar-refractivity contribution in [3.63, 3.8) is 0 Å². The molecule has 7 N–H and O–H groups in total. The minimum absolute atomic E-state index is 0.0468. The zero-order chi connectivity index (χ0) is 53.2. The molecule has 1 aromatic carbocycles. The summed E-state index contributed by atoms with van der Waals surface area (Å²) in [5.74, 6) is -2.47. The number of anilines is 2. The Labute approximate surface area is 427 Å². The summed E-state index contributed by atoms with van der Waals surface area (Å²) in [7, 11) is 0. The van der Waals surface area contributed by atoms with Gasteiger partial charge in [0.25, 0.3) is 5.91 Å². The molecule has 2 aliphatic heterocycles. The maximum Gasteiger partial charge on any atom is 0.434 e. The van der Waals surface area contributed by atoms with Crippen LogP contribution in [0.3, 0.4) is 0 Å². The Morgan fingerprint density at radius 2 is 1.50 bits per heavy atom. The topological polar surface area (TPSA) is 284 Å². The third-order valence-corrected chi connectivity index (χ3v) is 13.1. The number of nitrogens with zero attached hydrogens (tertiary/aromatic N) is 6. The number of hydrogen-bond donors (Lipinski definition) is 6. The summed E-state index contributed by atoms with van der Waals surface area (Å²) < 4.78 is 68.0. The molecule has 0 bridgehead atoms. The van der Waals surface area contributed by atoms with Crippen LogP contribution < -0.4 is 21.7 Å². The number of hydrogen-bond acceptors (Lipinski definition) is 16. The average molecular weight is 1050 g/mol. The number of carbonyl (C=O) groups excluding carboxylic acids is 5. The van der Waals surface area contributed by atoms with Gasteiger partial charge in [0, 0.05) is 51.8 Å². The quantitative estimate of drug-likeness (QED) is 0.0522. The standard InChI is InChI=1S/C49H69F3N10O12/c1-3-62-38(46(53)67)25-35(59-62)43(33-8-6-4-5-7-9-33)47(68)56-34-12-10-32(11-13-34)24-36(55-31(2)63)48(69)61-16-14-60(15-17-61)42(64)30-73-23-21-71-19-18-70-20-22-72-29-39-45(66)44(65)37(28-74-39)57-41-27-54-26-40(58-41)49(50,51)52/h10-13,25-27,33,36-37,39,43-45,65-66H,3-9,14-24,28-30H2,1-2H3,(H2,53,67)(H,55,63)(H,56,68)(H,57,58)/t36-,37+,39-,43+,44-,45+/m1/s1. The van der Waals surface area contributed by atoms with E-state index in [1.54, 1.807) is 40.1 Å². The highest BCUT2D eigenvalue weighted by Gasteiger charge is 2.40. The first-order valence-electron chi connectivity index (χ1n) is 25.1. The lowest BCUT2D eigenvalue weighted by molar-refractivity contribution is -0.161. The van der Waals surface area contributed by atoms with E-state index in [1.165, 1.54) is 11.6 Å². The Kier molecular flexibility index (Phi) is 21.9. The van der Waals surface area contributed by atoms with Gasteiger partial charge in [-0.1, -0.05) is 37.8 Å². The molecule has 25 heteroatoms. The molecule has 408 valence electrons. The van der Waals surface area contributed by atoms with Crippen molar-refractivity contribution in [1.29, 1.82) is 0 Å². The first-order chi connectivity index (χ1) is 35.5. The molecule has 74 heavy (non-hydrogen) atoms. The van der Waals surface area contributed by atoms with Crippen LogP contribution >= 0.6 is 0 Å². The third kappa shape index (κ3) is 16.8. The molecule has 1 saturated carbocycles. The molecule has 22 nitrogen and oxygen atoms in total. The molecule has 2 saturated heterocycles. The van der Waals surface area contributed by atoms with Gasteiger partial charge in [0.15, 0.2) is 5.69 Å². The Balaban J connectivity index is 0.834. The van der Waals surface area contributed by atoms with E-state index in [4.69, 9.17) is 29.4 Å². The minimum Gasteiger partial charge on any atom is -0.388 e. The number of rotatable bonds is 25. The van der Waals surface area contributed by atoms with Crippen LogP contribution in [0.4, 0.5) is 24.7 Å². The normalized spacial score (nSPS) is 20.6. The number of aliphatic hydroxyl groups is 2. The van der Waals surface area contributed by atoms with Crippen molar-refractivity contribution in [2.75, 3.05) is 96.3 Å². The summed E-state index contributed by atoms with van der Waals surface area (Å²) in [5, 5.41) is 34.1. The third-order valence-electron chi connectivity index (χ3n) is 13.1.